The molecular formula is C7H4N4Se. The van der Waals surface area contributed by atoms with Crippen molar-refractivity contribution in [2.24, 2.45) is 0 Å². The van der Waals surface area contributed by atoms with Crippen LogP contribution in [0.4, 0.5) is 0 Å². The Morgan fingerprint density at radius 3 is 3.33 bits per heavy atom. The molecule has 0 radical (unpaired) electrons. The van der Waals surface area contributed by atoms with E-state index in [-0.39, 0.29) is 0 Å². The van der Waals surface area contributed by atoms with Crippen molar-refractivity contribution < 1.29 is 0 Å². The zero-order chi connectivity index (χ0) is 7.97. The molecule has 12 heavy (non-hydrogen) atoms. The first-order valence-electron chi connectivity index (χ1n) is 3.47. The molecule has 0 spiro atoms. The molecule has 0 amide bonds. The van der Waals surface area contributed by atoms with Crippen LogP contribution in [0.3, 0.4) is 0 Å². The summed E-state index contributed by atoms with van der Waals surface area (Å²) < 4.78 is 2.95. The summed E-state index contributed by atoms with van der Waals surface area (Å²) in [5, 5.41) is 4.02. The molecule has 3 heterocycles. The van der Waals surface area contributed by atoms with Crippen LogP contribution in [-0.4, -0.2) is 34.1 Å². The summed E-state index contributed by atoms with van der Waals surface area (Å²) in [6, 6.07) is 2.05. The second kappa shape index (κ2) is 2.15. The topological polar surface area (TPSA) is 43.1 Å². The number of fused-ring (bicyclic) bond motifs is 3. The second-order valence-corrected chi connectivity index (χ2v) is 4.33. The van der Waals surface area contributed by atoms with Crippen LogP contribution in [0.2, 0.25) is 0 Å². The van der Waals surface area contributed by atoms with E-state index in [2.05, 4.69) is 20.0 Å². The molecule has 0 saturated carbocycles. The molecule has 0 fully saturated rings. The first-order chi connectivity index (χ1) is 5.95. The molecule has 3 aromatic heterocycles. The fourth-order valence-corrected chi connectivity index (χ4v) is 2.92. The van der Waals surface area contributed by atoms with Crippen molar-refractivity contribution in [3.05, 3.63) is 23.7 Å². The Labute approximate surface area is 73.6 Å². The molecule has 4 nitrogen and oxygen atoms in total. The molecule has 58 valence electrons. The molecule has 0 aliphatic heterocycles. The van der Waals surface area contributed by atoms with Gasteiger partial charge in [-0.25, -0.2) is 0 Å². The van der Waals surface area contributed by atoms with Gasteiger partial charge in [0, 0.05) is 0 Å². The standard InChI is InChI=1S/C7H4N4Se/c1-2-12-6-5(1)9-4-11-7(6)8-3-10-11/h1-4H. The van der Waals surface area contributed by atoms with Gasteiger partial charge in [-0.1, -0.05) is 0 Å². The van der Waals surface area contributed by atoms with Crippen LogP contribution >= 0.6 is 0 Å². The molecule has 0 aliphatic carbocycles. The number of rotatable bonds is 0. The van der Waals surface area contributed by atoms with Crippen LogP contribution in [0, 0.1) is 0 Å². The maximum atomic E-state index is 4.25. The van der Waals surface area contributed by atoms with Gasteiger partial charge >= 0.3 is 73.2 Å². The Morgan fingerprint density at radius 1 is 1.33 bits per heavy atom. The number of hydrogen-bond donors (Lipinski definition) is 0. The van der Waals surface area contributed by atoms with Crippen LogP contribution in [0.25, 0.3) is 15.4 Å². The van der Waals surface area contributed by atoms with Gasteiger partial charge in [0.05, 0.1) is 0 Å². The van der Waals surface area contributed by atoms with E-state index < -0.39 is 0 Å². The maximum absolute atomic E-state index is 4.25. The third-order valence-corrected chi connectivity index (χ3v) is 3.61. The summed E-state index contributed by atoms with van der Waals surface area (Å²) in [4.78, 5) is 10.6. The molecule has 0 bridgehead atoms. The molecular weight excluding hydrogens is 219 g/mol. The van der Waals surface area contributed by atoms with Gasteiger partial charge in [0.1, 0.15) is 0 Å². The third-order valence-electron chi connectivity index (χ3n) is 1.73. The molecule has 0 atom stereocenters. The fourth-order valence-electron chi connectivity index (χ4n) is 1.19. The van der Waals surface area contributed by atoms with E-state index in [1.807, 2.05) is 6.07 Å². The van der Waals surface area contributed by atoms with E-state index >= 15 is 0 Å². The second-order valence-electron chi connectivity index (χ2n) is 2.41. The predicted octanol–water partition coefficient (Wildman–Crippen LogP) is 0.334. The number of hydrogen-bond acceptors (Lipinski definition) is 3. The minimum atomic E-state index is 0.387. The van der Waals surface area contributed by atoms with Gasteiger partial charge in [-0.2, -0.15) is 0 Å². The average molecular weight is 223 g/mol. The van der Waals surface area contributed by atoms with Gasteiger partial charge in [0.25, 0.3) is 0 Å². The van der Waals surface area contributed by atoms with Crippen molar-refractivity contribution in [1.29, 1.82) is 0 Å². The number of nitrogens with zero attached hydrogens (tertiary/aromatic N) is 4. The zero-order valence-electron chi connectivity index (χ0n) is 6.01. The van der Waals surface area contributed by atoms with Gasteiger partial charge in [-0.15, -0.1) is 0 Å². The van der Waals surface area contributed by atoms with E-state index in [9.17, 15) is 0 Å². The first kappa shape index (κ1) is 6.34. The van der Waals surface area contributed by atoms with E-state index in [4.69, 9.17) is 0 Å². The number of aromatic nitrogens is 4. The predicted molar refractivity (Wildman–Crippen MR) is 45.2 cm³/mol. The molecule has 0 aliphatic rings. The van der Waals surface area contributed by atoms with Gasteiger partial charge in [-0.05, 0) is 0 Å². The molecule has 0 unspecified atom stereocenters. The minimum absolute atomic E-state index is 0.387. The van der Waals surface area contributed by atoms with Crippen LogP contribution in [0.1, 0.15) is 0 Å². The normalized spacial score (nSPS) is 11.3. The summed E-state index contributed by atoms with van der Waals surface area (Å²) in [7, 11) is 0. The van der Waals surface area contributed by atoms with E-state index in [0.717, 1.165) is 11.2 Å². The van der Waals surface area contributed by atoms with Crippen LogP contribution in [-0.2, 0) is 0 Å². The van der Waals surface area contributed by atoms with Crippen molar-refractivity contribution >= 4 is 29.9 Å². The zero-order valence-corrected chi connectivity index (χ0v) is 7.72. The van der Waals surface area contributed by atoms with Crippen molar-refractivity contribution in [2.45, 2.75) is 0 Å². The average Bonchev–Trinajstić information content (AvgIpc) is 2.71. The molecule has 0 saturated heterocycles. The van der Waals surface area contributed by atoms with Gasteiger partial charge in [0.15, 0.2) is 0 Å². The van der Waals surface area contributed by atoms with Crippen molar-refractivity contribution in [2.75, 3.05) is 0 Å². The molecule has 5 heteroatoms. The first-order valence-corrected chi connectivity index (χ1v) is 5.31. The summed E-state index contributed by atoms with van der Waals surface area (Å²) in [6.45, 7) is 0. The molecule has 0 aromatic carbocycles. The van der Waals surface area contributed by atoms with Crippen LogP contribution in [0.15, 0.2) is 23.7 Å². The SMILES string of the molecule is c1nc2c3[se]ccc3ncn2n1. The van der Waals surface area contributed by atoms with E-state index in [1.54, 1.807) is 17.2 Å². The van der Waals surface area contributed by atoms with E-state index in [1.165, 1.54) is 4.26 Å². The van der Waals surface area contributed by atoms with Crippen molar-refractivity contribution in [1.82, 2.24) is 19.6 Å². The van der Waals surface area contributed by atoms with Crippen molar-refractivity contribution in [3.8, 4) is 0 Å². The molecule has 3 aromatic rings. The van der Waals surface area contributed by atoms with Crippen LogP contribution in [0.5, 0.6) is 0 Å². The Hall–Kier alpha value is -1.19. The van der Waals surface area contributed by atoms with Crippen molar-refractivity contribution in [3.63, 3.8) is 0 Å². The van der Waals surface area contributed by atoms with Gasteiger partial charge in [-0.3, -0.25) is 0 Å². The Morgan fingerprint density at radius 2 is 2.33 bits per heavy atom. The summed E-state index contributed by atoms with van der Waals surface area (Å²) in [6.07, 6.45) is 3.26. The van der Waals surface area contributed by atoms with Gasteiger partial charge < -0.3 is 0 Å². The van der Waals surface area contributed by atoms with Crippen LogP contribution < -0.4 is 0 Å². The quantitative estimate of drug-likeness (QED) is 0.516. The summed E-state index contributed by atoms with van der Waals surface area (Å²) in [5.41, 5.74) is 2.00. The third kappa shape index (κ3) is 0.695. The van der Waals surface area contributed by atoms with E-state index in [0.29, 0.717) is 14.5 Å². The summed E-state index contributed by atoms with van der Waals surface area (Å²) >= 11 is 0.387. The Kier molecular flexibility index (Phi) is 1.14. The molecule has 3 rings (SSSR count). The fraction of sp³-hybridized carbons (Fsp3) is 0. The van der Waals surface area contributed by atoms with Gasteiger partial charge in [0.2, 0.25) is 0 Å². The Bertz CT molecular complexity index is 489. The molecule has 0 N–H and O–H groups in total. The monoisotopic (exact) mass is 224 g/mol. The summed E-state index contributed by atoms with van der Waals surface area (Å²) in [5.74, 6) is 0. The Balaban J connectivity index is 2.71.